The molecule has 8 heteroatoms. The second-order valence-corrected chi connectivity index (χ2v) is 10.1. The largest absolute Gasteiger partial charge is 0.351 e. The molecular weight excluding hydrogens is 481 g/mol. The Labute approximate surface area is 220 Å². The first kappa shape index (κ1) is 24.2. The minimum atomic E-state index is -0.933. The number of carbonyl (C=O) groups excluding carboxylic acids is 2. The van der Waals surface area contributed by atoms with Crippen LogP contribution in [0.25, 0.3) is 11.5 Å². The van der Waals surface area contributed by atoms with Crippen molar-refractivity contribution in [3.05, 3.63) is 102 Å². The fourth-order valence-corrected chi connectivity index (χ4v) is 5.68. The SMILES string of the molecule is O=C(NC1CCCCCC1)C1c2cccn2-c2c(cnn2-c2ccccc2)C(=O)N1Cc1ccccc1F. The number of aromatic nitrogens is 3. The average molecular weight is 512 g/mol. The molecule has 3 heterocycles. The van der Waals surface area contributed by atoms with E-state index in [9.17, 15) is 14.0 Å². The summed E-state index contributed by atoms with van der Waals surface area (Å²) >= 11 is 0. The molecule has 4 aromatic rings. The molecule has 0 spiro atoms. The summed E-state index contributed by atoms with van der Waals surface area (Å²) in [5, 5.41) is 7.79. The molecule has 7 nitrogen and oxygen atoms in total. The van der Waals surface area contributed by atoms with Gasteiger partial charge in [-0.15, -0.1) is 0 Å². The number of amides is 2. The highest BCUT2D eigenvalue weighted by molar-refractivity contribution is 6.01. The molecule has 1 unspecified atom stereocenters. The van der Waals surface area contributed by atoms with Gasteiger partial charge in [0, 0.05) is 17.8 Å². The standard InChI is InChI=1S/C30H30FN5O2/c31-25-16-9-8-11-21(25)20-35-27(28(37)33-22-12-4-1-2-5-13-22)26-17-10-18-34(26)29-24(30(35)38)19-32-36(29)23-14-6-3-7-15-23/h3,6-11,14-19,22,27H,1-2,4-5,12-13,20H2,(H,33,37). The van der Waals surface area contributed by atoms with Crippen LogP contribution < -0.4 is 5.32 Å². The van der Waals surface area contributed by atoms with Crippen LogP contribution in [0.5, 0.6) is 0 Å². The zero-order valence-electron chi connectivity index (χ0n) is 21.1. The molecular formula is C30H30FN5O2. The van der Waals surface area contributed by atoms with Crippen LogP contribution in [0.1, 0.15) is 66.2 Å². The van der Waals surface area contributed by atoms with Gasteiger partial charge in [-0.05, 0) is 43.2 Å². The van der Waals surface area contributed by atoms with Gasteiger partial charge >= 0.3 is 0 Å². The molecule has 0 bridgehead atoms. The Morgan fingerprint density at radius 3 is 2.45 bits per heavy atom. The van der Waals surface area contributed by atoms with Gasteiger partial charge in [-0.2, -0.15) is 5.10 Å². The number of para-hydroxylation sites is 1. The highest BCUT2D eigenvalue weighted by atomic mass is 19.1. The highest BCUT2D eigenvalue weighted by Gasteiger charge is 2.40. The first-order chi connectivity index (χ1) is 18.6. The van der Waals surface area contributed by atoms with Crippen molar-refractivity contribution in [2.24, 2.45) is 0 Å². The average Bonchev–Trinajstić information content (AvgIpc) is 3.48. The smallest absolute Gasteiger partial charge is 0.260 e. The lowest BCUT2D eigenvalue weighted by molar-refractivity contribution is -0.127. The third-order valence-corrected chi connectivity index (χ3v) is 7.58. The summed E-state index contributed by atoms with van der Waals surface area (Å²) in [7, 11) is 0. The van der Waals surface area contributed by atoms with Gasteiger partial charge in [-0.3, -0.25) is 9.59 Å². The van der Waals surface area contributed by atoms with Crippen molar-refractivity contribution in [1.82, 2.24) is 24.6 Å². The zero-order chi connectivity index (χ0) is 26.1. The lowest BCUT2D eigenvalue weighted by atomic mass is 10.1. The third kappa shape index (κ3) is 4.40. The second-order valence-electron chi connectivity index (χ2n) is 10.1. The molecule has 0 saturated heterocycles. The number of rotatable bonds is 5. The molecule has 0 radical (unpaired) electrons. The van der Waals surface area contributed by atoms with E-state index in [0.29, 0.717) is 22.6 Å². The normalized spacial score (nSPS) is 17.9. The fraction of sp³-hybridized carbons (Fsp3) is 0.300. The maximum atomic E-state index is 14.8. The molecule has 1 saturated carbocycles. The maximum absolute atomic E-state index is 14.8. The monoisotopic (exact) mass is 511 g/mol. The van der Waals surface area contributed by atoms with E-state index in [2.05, 4.69) is 10.4 Å². The summed E-state index contributed by atoms with van der Waals surface area (Å²) in [5.41, 5.74) is 2.14. The summed E-state index contributed by atoms with van der Waals surface area (Å²) in [6.45, 7) is -0.0462. The van der Waals surface area contributed by atoms with Gasteiger partial charge in [0.15, 0.2) is 11.9 Å². The van der Waals surface area contributed by atoms with Crippen LogP contribution in [-0.2, 0) is 11.3 Å². The molecule has 6 rings (SSSR count). The highest BCUT2D eigenvalue weighted by Crippen LogP contribution is 2.35. The molecule has 1 aliphatic heterocycles. The Morgan fingerprint density at radius 2 is 1.68 bits per heavy atom. The number of hydrogen-bond acceptors (Lipinski definition) is 3. The van der Waals surface area contributed by atoms with Crippen LogP contribution in [0, 0.1) is 5.82 Å². The van der Waals surface area contributed by atoms with Crippen LogP contribution in [0.3, 0.4) is 0 Å². The van der Waals surface area contributed by atoms with Gasteiger partial charge in [0.05, 0.1) is 24.1 Å². The van der Waals surface area contributed by atoms with Gasteiger partial charge in [0.2, 0.25) is 5.91 Å². The van der Waals surface area contributed by atoms with Crippen LogP contribution >= 0.6 is 0 Å². The van der Waals surface area contributed by atoms with Crippen molar-refractivity contribution in [1.29, 1.82) is 0 Å². The van der Waals surface area contributed by atoms with Crippen molar-refractivity contribution in [2.45, 2.75) is 57.2 Å². The van der Waals surface area contributed by atoms with Gasteiger partial charge in [0.25, 0.3) is 5.91 Å². The molecule has 1 aliphatic carbocycles. The van der Waals surface area contributed by atoms with E-state index in [1.54, 1.807) is 22.9 Å². The summed E-state index contributed by atoms with van der Waals surface area (Å²) in [5.74, 6) is -0.464. The molecule has 1 N–H and O–H groups in total. The summed E-state index contributed by atoms with van der Waals surface area (Å²) in [6, 6.07) is 18.8. The molecule has 194 valence electrons. The number of nitrogens with zero attached hydrogens (tertiary/aromatic N) is 4. The molecule has 2 aromatic carbocycles. The van der Waals surface area contributed by atoms with Gasteiger partial charge < -0.3 is 14.8 Å². The number of halogens is 1. The summed E-state index contributed by atoms with van der Waals surface area (Å²) in [6.07, 6.45) is 9.71. The topological polar surface area (TPSA) is 72.2 Å². The third-order valence-electron chi connectivity index (χ3n) is 7.58. The van der Waals surface area contributed by atoms with Crippen LogP contribution in [0.4, 0.5) is 4.39 Å². The van der Waals surface area contributed by atoms with E-state index in [-0.39, 0.29) is 24.4 Å². The van der Waals surface area contributed by atoms with E-state index in [0.717, 1.165) is 31.4 Å². The quantitative estimate of drug-likeness (QED) is 0.368. The van der Waals surface area contributed by atoms with E-state index in [1.807, 2.05) is 53.2 Å². The van der Waals surface area contributed by atoms with E-state index in [4.69, 9.17) is 0 Å². The maximum Gasteiger partial charge on any atom is 0.260 e. The van der Waals surface area contributed by atoms with E-state index in [1.165, 1.54) is 30.0 Å². The molecule has 2 aromatic heterocycles. The zero-order valence-corrected chi connectivity index (χ0v) is 21.1. The first-order valence-electron chi connectivity index (χ1n) is 13.3. The Bertz CT molecular complexity index is 1450. The Balaban J connectivity index is 1.47. The summed E-state index contributed by atoms with van der Waals surface area (Å²) in [4.78, 5) is 29.7. The molecule has 1 fully saturated rings. The Hall–Kier alpha value is -4.20. The Kier molecular flexibility index (Phi) is 6.54. The lowest BCUT2D eigenvalue weighted by Crippen LogP contribution is -2.46. The van der Waals surface area contributed by atoms with Crippen molar-refractivity contribution >= 4 is 11.8 Å². The number of hydrogen-bond donors (Lipinski definition) is 1. The molecule has 2 amide bonds. The summed E-state index contributed by atoms with van der Waals surface area (Å²) < 4.78 is 18.4. The second kappa shape index (κ2) is 10.3. The van der Waals surface area contributed by atoms with Gasteiger partial charge in [-0.1, -0.05) is 62.1 Å². The van der Waals surface area contributed by atoms with Crippen molar-refractivity contribution in [3.63, 3.8) is 0 Å². The first-order valence-corrected chi connectivity index (χ1v) is 13.3. The number of nitrogens with one attached hydrogen (secondary N) is 1. The number of fused-ring (bicyclic) bond motifs is 3. The number of carbonyl (C=O) groups is 2. The minimum Gasteiger partial charge on any atom is -0.351 e. The molecule has 1 atom stereocenters. The number of benzene rings is 2. The lowest BCUT2D eigenvalue weighted by Gasteiger charge is -2.31. The van der Waals surface area contributed by atoms with E-state index >= 15 is 0 Å². The van der Waals surface area contributed by atoms with Crippen LogP contribution in [-0.4, -0.2) is 37.1 Å². The van der Waals surface area contributed by atoms with E-state index < -0.39 is 11.9 Å². The molecule has 38 heavy (non-hydrogen) atoms. The van der Waals surface area contributed by atoms with Gasteiger partial charge in [-0.25, -0.2) is 9.07 Å². The molecule has 2 aliphatic rings. The van der Waals surface area contributed by atoms with Crippen molar-refractivity contribution in [2.75, 3.05) is 0 Å². The predicted octanol–water partition coefficient (Wildman–Crippen LogP) is 5.34. The van der Waals surface area contributed by atoms with Crippen molar-refractivity contribution in [3.8, 4) is 11.5 Å². The fourth-order valence-electron chi connectivity index (χ4n) is 5.68. The van der Waals surface area contributed by atoms with Crippen molar-refractivity contribution < 1.29 is 14.0 Å². The minimum absolute atomic E-state index is 0.0462. The van der Waals surface area contributed by atoms with Crippen LogP contribution in [0.15, 0.2) is 79.1 Å². The predicted molar refractivity (Wildman–Crippen MR) is 142 cm³/mol. The Morgan fingerprint density at radius 1 is 0.947 bits per heavy atom. The van der Waals surface area contributed by atoms with Crippen LogP contribution in [0.2, 0.25) is 0 Å². The van der Waals surface area contributed by atoms with Gasteiger partial charge in [0.1, 0.15) is 11.4 Å².